The van der Waals surface area contributed by atoms with Crippen molar-refractivity contribution in [2.75, 3.05) is 0 Å². The molecule has 1 aromatic rings. The van der Waals surface area contributed by atoms with Crippen molar-refractivity contribution in [3.8, 4) is 0 Å². The van der Waals surface area contributed by atoms with Crippen LogP contribution in [0.5, 0.6) is 0 Å². The number of halogens is 2. The van der Waals surface area contributed by atoms with Gasteiger partial charge in [-0.15, -0.1) is 0 Å². The number of benzene rings is 1. The average molecular weight is 271 g/mol. The van der Waals surface area contributed by atoms with Crippen LogP contribution in [0.3, 0.4) is 0 Å². The van der Waals surface area contributed by atoms with Gasteiger partial charge < -0.3 is 5.11 Å². The molecule has 18 heavy (non-hydrogen) atoms. The summed E-state index contributed by atoms with van der Waals surface area (Å²) in [5.41, 5.74) is 0.155. The number of hydrogen-bond donors (Lipinski definition) is 1. The SMILES string of the molecule is Cc1cc(C2(C(=O)O)CCCCC2)cc(Cl)c1F. The molecular weight excluding hydrogens is 255 g/mol. The lowest BCUT2D eigenvalue weighted by atomic mass is 9.69. The third kappa shape index (κ3) is 2.12. The lowest BCUT2D eigenvalue weighted by Gasteiger charge is -2.34. The number of hydrogen-bond acceptors (Lipinski definition) is 1. The second-order valence-electron chi connectivity index (χ2n) is 5.04. The number of carboxylic acid groups (broad SMARTS) is 1. The molecule has 0 aliphatic heterocycles. The van der Waals surface area contributed by atoms with Gasteiger partial charge in [-0.2, -0.15) is 0 Å². The van der Waals surface area contributed by atoms with Gasteiger partial charge in [0.2, 0.25) is 0 Å². The number of carbonyl (C=O) groups is 1. The molecule has 0 aromatic heterocycles. The van der Waals surface area contributed by atoms with Crippen LogP contribution in [0.2, 0.25) is 5.02 Å². The summed E-state index contributed by atoms with van der Waals surface area (Å²) in [7, 11) is 0. The molecule has 0 unspecified atom stereocenters. The van der Waals surface area contributed by atoms with Crippen molar-refractivity contribution in [1.29, 1.82) is 0 Å². The van der Waals surface area contributed by atoms with Gasteiger partial charge in [0.05, 0.1) is 10.4 Å². The van der Waals surface area contributed by atoms with Crippen molar-refractivity contribution in [3.63, 3.8) is 0 Å². The van der Waals surface area contributed by atoms with Gasteiger partial charge in [0.1, 0.15) is 5.82 Å². The van der Waals surface area contributed by atoms with E-state index < -0.39 is 17.2 Å². The minimum atomic E-state index is -0.889. The van der Waals surface area contributed by atoms with Crippen molar-refractivity contribution >= 4 is 17.6 Å². The van der Waals surface area contributed by atoms with Crippen LogP contribution in [0.1, 0.15) is 43.2 Å². The monoisotopic (exact) mass is 270 g/mol. The highest BCUT2D eigenvalue weighted by Crippen LogP contribution is 2.41. The fourth-order valence-corrected chi connectivity index (χ4v) is 3.05. The van der Waals surface area contributed by atoms with Crippen LogP contribution in [0.25, 0.3) is 0 Å². The van der Waals surface area contributed by atoms with Crippen molar-refractivity contribution < 1.29 is 14.3 Å². The van der Waals surface area contributed by atoms with Crippen LogP contribution in [0.4, 0.5) is 4.39 Å². The fourth-order valence-electron chi connectivity index (χ4n) is 2.78. The van der Waals surface area contributed by atoms with Gasteiger partial charge in [0.25, 0.3) is 0 Å². The second kappa shape index (κ2) is 4.88. The molecule has 98 valence electrons. The van der Waals surface area contributed by atoms with Gasteiger partial charge in [0, 0.05) is 0 Å². The van der Waals surface area contributed by atoms with Gasteiger partial charge in [-0.3, -0.25) is 4.79 Å². The van der Waals surface area contributed by atoms with Gasteiger partial charge >= 0.3 is 5.97 Å². The summed E-state index contributed by atoms with van der Waals surface area (Å²) in [5.74, 6) is -1.29. The Morgan fingerprint density at radius 1 is 1.33 bits per heavy atom. The molecule has 1 saturated carbocycles. The molecule has 1 N–H and O–H groups in total. The summed E-state index contributed by atoms with van der Waals surface area (Å²) in [6.07, 6.45) is 4.04. The normalized spacial score (nSPS) is 18.6. The van der Waals surface area contributed by atoms with Crippen LogP contribution in [0, 0.1) is 12.7 Å². The Morgan fingerprint density at radius 3 is 2.44 bits per heavy atom. The molecule has 1 fully saturated rings. The molecule has 1 aliphatic rings. The Morgan fingerprint density at radius 2 is 1.94 bits per heavy atom. The first-order valence-corrected chi connectivity index (χ1v) is 6.55. The zero-order chi connectivity index (χ0) is 13.3. The van der Waals surface area contributed by atoms with E-state index in [4.69, 9.17) is 11.6 Å². The largest absolute Gasteiger partial charge is 0.481 e. The quantitative estimate of drug-likeness (QED) is 0.879. The van der Waals surface area contributed by atoms with Crippen LogP contribution in [-0.4, -0.2) is 11.1 Å². The maximum Gasteiger partial charge on any atom is 0.314 e. The summed E-state index contributed by atoms with van der Waals surface area (Å²) in [6, 6.07) is 3.10. The Hall–Kier alpha value is -1.09. The molecule has 0 radical (unpaired) electrons. The predicted molar refractivity (Wildman–Crippen MR) is 68.5 cm³/mol. The average Bonchev–Trinajstić information content (AvgIpc) is 2.36. The Balaban J connectivity index is 2.52. The van der Waals surface area contributed by atoms with Crippen molar-refractivity contribution in [1.82, 2.24) is 0 Å². The van der Waals surface area contributed by atoms with Gasteiger partial charge in [-0.25, -0.2) is 4.39 Å². The molecule has 0 amide bonds. The number of aryl methyl sites for hydroxylation is 1. The Bertz CT molecular complexity index is 456. The summed E-state index contributed by atoms with van der Waals surface area (Å²) in [4.78, 5) is 11.6. The van der Waals surface area contributed by atoms with E-state index >= 15 is 0 Å². The maximum atomic E-state index is 13.5. The highest BCUT2D eigenvalue weighted by molar-refractivity contribution is 6.30. The Labute approximate surface area is 111 Å². The summed E-state index contributed by atoms with van der Waals surface area (Å²) in [5, 5.41) is 9.57. The van der Waals surface area contributed by atoms with E-state index in [0.717, 1.165) is 19.3 Å². The zero-order valence-corrected chi connectivity index (χ0v) is 11.1. The van der Waals surface area contributed by atoms with E-state index in [1.54, 1.807) is 13.0 Å². The van der Waals surface area contributed by atoms with Crippen molar-refractivity contribution in [3.05, 3.63) is 34.1 Å². The second-order valence-corrected chi connectivity index (χ2v) is 5.44. The predicted octanol–water partition coefficient (Wildman–Crippen LogP) is 4.07. The summed E-state index contributed by atoms with van der Waals surface area (Å²) < 4.78 is 13.5. The van der Waals surface area contributed by atoms with E-state index in [0.29, 0.717) is 24.0 Å². The van der Waals surface area contributed by atoms with Gasteiger partial charge in [0.15, 0.2) is 0 Å². The van der Waals surface area contributed by atoms with Gasteiger partial charge in [-0.05, 0) is 37.0 Å². The van der Waals surface area contributed by atoms with E-state index in [1.165, 1.54) is 6.07 Å². The standard InChI is InChI=1S/C14H16ClFO2/c1-9-7-10(8-11(15)12(9)16)14(13(17)18)5-3-2-4-6-14/h7-8H,2-6H2,1H3,(H,17,18). The highest BCUT2D eigenvalue weighted by atomic mass is 35.5. The lowest BCUT2D eigenvalue weighted by molar-refractivity contribution is -0.145. The van der Waals surface area contributed by atoms with E-state index in [1.807, 2.05) is 0 Å². The fraction of sp³-hybridized carbons (Fsp3) is 0.500. The summed E-state index contributed by atoms with van der Waals surface area (Å²) in [6.45, 7) is 1.61. The van der Waals surface area contributed by atoms with Crippen LogP contribution in [0.15, 0.2) is 12.1 Å². The lowest BCUT2D eigenvalue weighted by Crippen LogP contribution is -2.38. The minimum Gasteiger partial charge on any atom is -0.481 e. The molecule has 1 aliphatic carbocycles. The molecule has 0 saturated heterocycles. The van der Waals surface area contributed by atoms with Crippen LogP contribution >= 0.6 is 11.6 Å². The van der Waals surface area contributed by atoms with Crippen molar-refractivity contribution in [2.24, 2.45) is 0 Å². The van der Waals surface area contributed by atoms with Crippen LogP contribution < -0.4 is 0 Å². The molecular formula is C14H16ClFO2. The first-order chi connectivity index (χ1) is 8.47. The highest BCUT2D eigenvalue weighted by Gasteiger charge is 2.41. The number of aliphatic carboxylic acids is 1. The Kier molecular flexibility index (Phi) is 3.62. The molecule has 4 heteroatoms. The molecule has 1 aromatic carbocycles. The van der Waals surface area contributed by atoms with Crippen molar-refractivity contribution in [2.45, 2.75) is 44.4 Å². The first-order valence-electron chi connectivity index (χ1n) is 6.17. The van der Waals surface area contributed by atoms with E-state index in [9.17, 15) is 14.3 Å². The molecule has 0 spiro atoms. The molecule has 0 heterocycles. The number of carboxylic acids is 1. The minimum absolute atomic E-state index is 0.0104. The van der Waals surface area contributed by atoms with E-state index in [-0.39, 0.29) is 5.02 Å². The maximum absolute atomic E-state index is 13.5. The first kappa shape index (κ1) is 13.3. The molecule has 0 atom stereocenters. The zero-order valence-electron chi connectivity index (χ0n) is 10.3. The third-order valence-corrected chi connectivity index (χ3v) is 4.15. The molecule has 2 nitrogen and oxygen atoms in total. The smallest absolute Gasteiger partial charge is 0.314 e. The van der Waals surface area contributed by atoms with Gasteiger partial charge in [-0.1, -0.05) is 36.9 Å². The summed E-state index contributed by atoms with van der Waals surface area (Å²) >= 11 is 5.84. The molecule has 2 rings (SSSR count). The number of rotatable bonds is 2. The van der Waals surface area contributed by atoms with Crippen LogP contribution in [-0.2, 0) is 10.2 Å². The van der Waals surface area contributed by atoms with E-state index in [2.05, 4.69) is 0 Å². The molecule has 0 bridgehead atoms. The topological polar surface area (TPSA) is 37.3 Å². The third-order valence-electron chi connectivity index (χ3n) is 3.88.